The molecule has 0 aromatic heterocycles. The molecule has 2 N–H and O–H groups in total. The van der Waals surface area contributed by atoms with E-state index in [2.05, 4.69) is 15.9 Å². The Labute approximate surface area is 115 Å². The first kappa shape index (κ1) is 15.6. The van der Waals surface area contributed by atoms with Crippen molar-refractivity contribution in [1.29, 1.82) is 0 Å². The number of nitrogens with zero attached hydrogens (tertiary/aromatic N) is 1. The van der Waals surface area contributed by atoms with Crippen LogP contribution in [0.25, 0.3) is 0 Å². The van der Waals surface area contributed by atoms with Crippen LogP contribution >= 0.6 is 15.9 Å². The minimum atomic E-state index is -3.71. The molecule has 0 amide bonds. The first-order chi connectivity index (χ1) is 8.43. The summed E-state index contributed by atoms with van der Waals surface area (Å²) < 4.78 is 26.2. The van der Waals surface area contributed by atoms with Gasteiger partial charge in [0.2, 0.25) is 10.0 Å². The van der Waals surface area contributed by atoms with Gasteiger partial charge in [-0.05, 0) is 40.5 Å². The molecule has 102 valence electrons. The van der Waals surface area contributed by atoms with Gasteiger partial charge in [-0.1, -0.05) is 6.07 Å². The highest BCUT2D eigenvalue weighted by atomic mass is 79.9. The molecule has 1 aromatic carbocycles. The smallest absolute Gasteiger partial charge is 0.244 e. The molecule has 0 saturated carbocycles. The zero-order chi connectivity index (χ0) is 13.8. The van der Waals surface area contributed by atoms with Gasteiger partial charge in [0.25, 0.3) is 0 Å². The summed E-state index contributed by atoms with van der Waals surface area (Å²) in [5, 5.41) is 17.8. The monoisotopic (exact) mass is 337 g/mol. The van der Waals surface area contributed by atoms with Gasteiger partial charge in [0, 0.05) is 17.6 Å². The Morgan fingerprint density at radius 1 is 1.22 bits per heavy atom. The number of aliphatic hydroxyl groups is 2. The summed E-state index contributed by atoms with van der Waals surface area (Å²) in [6.07, 6.45) is 0. The van der Waals surface area contributed by atoms with Crippen molar-refractivity contribution < 1.29 is 18.6 Å². The Kier molecular flexibility index (Phi) is 5.74. The zero-order valence-corrected chi connectivity index (χ0v) is 12.4. The Hall–Kier alpha value is -0.470. The Balaban J connectivity index is 3.17. The number of hydrogen-bond acceptors (Lipinski definition) is 4. The number of halogens is 1. The molecule has 0 fully saturated rings. The van der Waals surface area contributed by atoms with E-state index in [1.54, 1.807) is 12.1 Å². The molecule has 5 nitrogen and oxygen atoms in total. The molecule has 1 rings (SSSR count). The van der Waals surface area contributed by atoms with Gasteiger partial charge in [-0.2, -0.15) is 4.31 Å². The predicted molar refractivity (Wildman–Crippen MR) is 71.8 cm³/mol. The van der Waals surface area contributed by atoms with Crippen molar-refractivity contribution in [2.75, 3.05) is 26.3 Å². The van der Waals surface area contributed by atoms with Crippen LogP contribution in [0.2, 0.25) is 0 Å². The van der Waals surface area contributed by atoms with Crippen molar-refractivity contribution in [1.82, 2.24) is 4.31 Å². The standard InChI is InChI=1S/C11H16BrNO4S/c1-9-2-3-11(10(12)8-9)18(16,17)13(4-6-14)5-7-15/h2-3,8,14-15H,4-7H2,1H3. The van der Waals surface area contributed by atoms with Crippen LogP contribution in [0.1, 0.15) is 5.56 Å². The highest BCUT2D eigenvalue weighted by molar-refractivity contribution is 9.10. The second-order valence-electron chi connectivity index (χ2n) is 3.79. The van der Waals surface area contributed by atoms with E-state index in [9.17, 15) is 8.42 Å². The van der Waals surface area contributed by atoms with Gasteiger partial charge in [-0.15, -0.1) is 0 Å². The normalized spacial score (nSPS) is 12.1. The summed E-state index contributed by atoms with van der Waals surface area (Å²) in [4.78, 5) is 0.134. The van der Waals surface area contributed by atoms with Gasteiger partial charge in [-0.25, -0.2) is 8.42 Å². The maximum absolute atomic E-state index is 12.3. The third kappa shape index (κ3) is 3.52. The zero-order valence-electron chi connectivity index (χ0n) is 10.0. The highest BCUT2D eigenvalue weighted by Gasteiger charge is 2.25. The Bertz CT molecular complexity index is 498. The minimum absolute atomic E-state index is 0.0385. The van der Waals surface area contributed by atoms with Gasteiger partial charge < -0.3 is 10.2 Å². The molecule has 0 radical (unpaired) electrons. The lowest BCUT2D eigenvalue weighted by atomic mass is 10.2. The summed E-state index contributed by atoms with van der Waals surface area (Å²) in [7, 11) is -3.71. The molecule has 0 aliphatic carbocycles. The average molecular weight is 338 g/mol. The first-order valence-corrected chi connectivity index (χ1v) is 7.65. The van der Waals surface area contributed by atoms with Crippen LogP contribution in [-0.4, -0.2) is 49.2 Å². The summed E-state index contributed by atoms with van der Waals surface area (Å²) in [5.74, 6) is 0. The molecule has 0 aliphatic rings. The van der Waals surface area contributed by atoms with Crippen molar-refractivity contribution in [3.8, 4) is 0 Å². The largest absolute Gasteiger partial charge is 0.395 e. The lowest BCUT2D eigenvalue weighted by Crippen LogP contribution is -2.36. The van der Waals surface area contributed by atoms with Gasteiger partial charge >= 0.3 is 0 Å². The van der Waals surface area contributed by atoms with Crippen molar-refractivity contribution in [2.45, 2.75) is 11.8 Å². The summed E-state index contributed by atoms with van der Waals surface area (Å²) >= 11 is 3.22. The highest BCUT2D eigenvalue weighted by Crippen LogP contribution is 2.25. The molecule has 0 spiro atoms. The van der Waals surface area contributed by atoms with Crippen LogP contribution in [0.15, 0.2) is 27.6 Å². The van der Waals surface area contributed by atoms with Gasteiger partial charge in [0.05, 0.1) is 18.1 Å². The van der Waals surface area contributed by atoms with Gasteiger partial charge in [0.1, 0.15) is 0 Å². The Morgan fingerprint density at radius 2 is 1.78 bits per heavy atom. The number of rotatable bonds is 6. The van der Waals surface area contributed by atoms with Crippen molar-refractivity contribution in [2.24, 2.45) is 0 Å². The van der Waals surface area contributed by atoms with Crippen molar-refractivity contribution >= 4 is 26.0 Å². The number of benzene rings is 1. The lowest BCUT2D eigenvalue weighted by Gasteiger charge is -2.21. The molecule has 7 heteroatoms. The average Bonchev–Trinajstić information content (AvgIpc) is 2.28. The molecule has 0 unspecified atom stereocenters. The van der Waals surface area contributed by atoms with E-state index in [0.29, 0.717) is 4.47 Å². The summed E-state index contributed by atoms with van der Waals surface area (Å²) in [5.41, 5.74) is 0.941. The second kappa shape index (κ2) is 6.63. The number of aryl methyl sites for hydroxylation is 1. The summed E-state index contributed by atoms with van der Waals surface area (Å²) in [6, 6.07) is 4.92. The molecule has 18 heavy (non-hydrogen) atoms. The van der Waals surface area contributed by atoms with E-state index < -0.39 is 10.0 Å². The maximum Gasteiger partial charge on any atom is 0.244 e. The molecule has 0 atom stereocenters. The molecule has 0 saturated heterocycles. The van der Waals surface area contributed by atoms with Crippen LogP contribution in [0.4, 0.5) is 0 Å². The van der Waals surface area contributed by atoms with E-state index in [4.69, 9.17) is 10.2 Å². The van der Waals surface area contributed by atoms with Crippen LogP contribution < -0.4 is 0 Å². The van der Waals surface area contributed by atoms with E-state index >= 15 is 0 Å². The van der Waals surface area contributed by atoms with Crippen LogP contribution in [-0.2, 0) is 10.0 Å². The molecule has 1 aromatic rings. The third-order valence-electron chi connectivity index (χ3n) is 2.40. The van der Waals surface area contributed by atoms with Crippen LogP contribution in [0, 0.1) is 6.92 Å². The van der Waals surface area contributed by atoms with Gasteiger partial charge in [0.15, 0.2) is 0 Å². The molecular weight excluding hydrogens is 322 g/mol. The van der Waals surface area contributed by atoms with E-state index in [1.165, 1.54) is 6.07 Å². The predicted octanol–water partition coefficient (Wildman–Crippen LogP) is 0.733. The summed E-state index contributed by atoms with van der Waals surface area (Å²) in [6.45, 7) is 1.21. The topological polar surface area (TPSA) is 77.8 Å². The molecule has 0 aliphatic heterocycles. The second-order valence-corrected chi connectivity index (χ2v) is 6.55. The SMILES string of the molecule is Cc1ccc(S(=O)(=O)N(CCO)CCO)c(Br)c1. The molecule has 0 bridgehead atoms. The fourth-order valence-electron chi connectivity index (χ4n) is 1.53. The third-order valence-corrected chi connectivity index (χ3v) is 5.28. The van der Waals surface area contributed by atoms with Crippen LogP contribution in [0.3, 0.4) is 0 Å². The van der Waals surface area contributed by atoms with E-state index in [1.807, 2.05) is 6.92 Å². The molecule has 0 heterocycles. The van der Waals surface area contributed by atoms with E-state index in [-0.39, 0.29) is 31.2 Å². The number of hydrogen-bond donors (Lipinski definition) is 2. The molecular formula is C11H16BrNO4S. The number of sulfonamides is 1. The van der Waals surface area contributed by atoms with Gasteiger partial charge in [-0.3, -0.25) is 0 Å². The Morgan fingerprint density at radius 3 is 2.22 bits per heavy atom. The van der Waals surface area contributed by atoms with E-state index in [0.717, 1.165) is 9.87 Å². The fraction of sp³-hybridized carbons (Fsp3) is 0.455. The van der Waals surface area contributed by atoms with Crippen LogP contribution in [0.5, 0.6) is 0 Å². The first-order valence-electron chi connectivity index (χ1n) is 5.41. The number of aliphatic hydroxyl groups excluding tert-OH is 2. The van der Waals surface area contributed by atoms with Crippen molar-refractivity contribution in [3.05, 3.63) is 28.2 Å². The minimum Gasteiger partial charge on any atom is -0.395 e. The van der Waals surface area contributed by atoms with Crippen molar-refractivity contribution in [3.63, 3.8) is 0 Å². The quantitative estimate of drug-likeness (QED) is 0.802. The lowest BCUT2D eigenvalue weighted by molar-refractivity contribution is 0.217. The fourth-order valence-corrected chi connectivity index (χ4v) is 4.10. The maximum atomic E-state index is 12.3.